The van der Waals surface area contributed by atoms with Gasteiger partial charge in [0.2, 0.25) is 0 Å². The summed E-state index contributed by atoms with van der Waals surface area (Å²) in [5.74, 6) is 3.20. The third-order valence-electron chi connectivity index (χ3n) is 8.68. The molecule has 8 rings (SSSR count). The molecule has 0 spiro atoms. The molecule has 280 valence electrons. The van der Waals surface area contributed by atoms with E-state index in [0.717, 1.165) is 23.7 Å². The van der Waals surface area contributed by atoms with Crippen molar-refractivity contribution in [2.45, 2.75) is 55.4 Å². The molecule has 0 saturated carbocycles. The normalized spacial score (nSPS) is 10.1. The maximum Gasteiger partial charge on any atom is -0.0809 e. The third-order valence-corrected chi connectivity index (χ3v) is 14.4. The number of benzene rings is 4. The molecule has 0 radical (unpaired) electrons. The molecule has 0 aliphatic heterocycles. The van der Waals surface area contributed by atoms with E-state index in [1.807, 2.05) is 0 Å². The molecule has 0 nitrogen and oxygen atoms in total. The summed E-state index contributed by atoms with van der Waals surface area (Å²) in [7, 11) is 0. The zero-order valence-corrected chi connectivity index (χ0v) is 39.7. The Bertz CT molecular complexity index is 1740. The van der Waals surface area contributed by atoms with Crippen LogP contribution in [0, 0.1) is 23.7 Å². The van der Waals surface area contributed by atoms with Gasteiger partial charge in [-0.05, 0) is 0 Å². The second-order valence-electron chi connectivity index (χ2n) is 14.1. The topological polar surface area (TPSA) is 0 Å². The van der Waals surface area contributed by atoms with Crippen LogP contribution in [0.3, 0.4) is 0 Å². The smallest absolute Gasteiger partial charge is 0.0809 e. The van der Waals surface area contributed by atoms with Crippen molar-refractivity contribution in [1.29, 1.82) is 0 Å². The van der Waals surface area contributed by atoms with E-state index in [4.69, 9.17) is 0 Å². The molecule has 0 N–H and O–H groups in total. The molecule has 54 heavy (non-hydrogen) atoms. The third kappa shape index (κ3) is 17.5. The molecule has 0 heterocycles. The predicted molar refractivity (Wildman–Crippen MR) is 228 cm³/mol. The first kappa shape index (κ1) is 49.4. The maximum atomic E-state index is 2.27. The molecule has 0 aromatic heterocycles. The largest absolute Gasteiger partial charge is 1.00 e. The molecule has 0 saturated heterocycles. The first-order chi connectivity index (χ1) is 25.0. The Morgan fingerprint density at radius 3 is 0.667 bits per heavy atom. The van der Waals surface area contributed by atoms with E-state index < -0.39 is 0 Å². The van der Waals surface area contributed by atoms with Crippen LogP contribution < -0.4 is 24.8 Å². The molecule has 0 atom stereocenters. The number of hydrogen-bond acceptors (Lipinski definition) is 0. The SMILES string of the molecule is CC(C)[C](=[Zr+2])C(C)C.CC(C)[C](=[Zr+2])C(C)C.[Cl-].[Cl-].c1ccc2[cH-]ccc2c1.c1ccc2[cH-]ccc2c1.c1ccc2[cH-]ccc2c1.c1ccc2[cH-]ccc2c1. The molecule has 8 aromatic rings. The number of rotatable bonds is 4. The number of fused-ring (bicyclic) bond motifs is 4. The fourth-order valence-corrected chi connectivity index (χ4v) is 5.61. The van der Waals surface area contributed by atoms with E-state index in [2.05, 4.69) is 225 Å². The van der Waals surface area contributed by atoms with Crippen molar-refractivity contribution in [1.82, 2.24) is 0 Å². The van der Waals surface area contributed by atoms with Crippen LogP contribution in [-0.2, 0) is 48.5 Å². The van der Waals surface area contributed by atoms with Crippen LogP contribution in [0.4, 0.5) is 0 Å². The van der Waals surface area contributed by atoms with Crippen LogP contribution in [0.15, 0.2) is 170 Å². The Morgan fingerprint density at radius 1 is 0.333 bits per heavy atom. The van der Waals surface area contributed by atoms with Crippen LogP contribution in [0.5, 0.6) is 0 Å². The average molecular weight is 910 g/mol. The van der Waals surface area contributed by atoms with Gasteiger partial charge in [-0.2, -0.15) is 70.1 Å². The summed E-state index contributed by atoms with van der Waals surface area (Å²) in [5.41, 5.74) is 0. The minimum Gasteiger partial charge on any atom is -1.00 e. The Hall–Kier alpha value is -2.59. The molecule has 0 fully saturated rings. The molecule has 4 heteroatoms. The van der Waals surface area contributed by atoms with E-state index in [1.54, 1.807) is 54.9 Å². The second-order valence-corrected chi connectivity index (χ2v) is 17.0. The summed E-state index contributed by atoms with van der Waals surface area (Å²) in [6.07, 6.45) is 0. The second kappa shape index (κ2) is 27.1. The molecule has 0 bridgehead atoms. The van der Waals surface area contributed by atoms with Crippen molar-refractivity contribution >= 4 is 49.5 Å². The van der Waals surface area contributed by atoms with Gasteiger partial charge < -0.3 is 24.8 Å². The van der Waals surface area contributed by atoms with Crippen molar-refractivity contribution in [3.05, 3.63) is 170 Å². The van der Waals surface area contributed by atoms with E-state index in [-0.39, 0.29) is 24.8 Å². The van der Waals surface area contributed by atoms with Gasteiger partial charge in [-0.15, -0.1) is 119 Å². The molecule has 0 unspecified atom stereocenters. The minimum absolute atomic E-state index is 0. The van der Waals surface area contributed by atoms with Gasteiger partial charge >= 0.3 is 134 Å². The molecule has 8 aromatic carbocycles. The monoisotopic (exact) mass is 906 g/mol. The van der Waals surface area contributed by atoms with Gasteiger partial charge in [-0.25, -0.2) is 0 Å². The van der Waals surface area contributed by atoms with Crippen LogP contribution in [-0.4, -0.2) is 6.41 Å². The standard InChI is InChI=1S/4C9H7.2C7H14.2ClH.2Zr/c4*1-2-5-9-7-3-6-8(9)4-1;2*1-6(2)5-7(3)4;;;;/h4*1-7H;2*6-7H,1-4H3;2*1H;;/q4*-1;;;;;2*+2/p-2. The molecule has 0 aliphatic carbocycles. The van der Waals surface area contributed by atoms with E-state index in [9.17, 15) is 0 Å². The van der Waals surface area contributed by atoms with Crippen LogP contribution >= 0.6 is 0 Å². The summed E-state index contributed by atoms with van der Waals surface area (Å²) in [5, 5.41) is 10.6. The predicted octanol–water partition coefficient (Wildman–Crippen LogP) is 8.28. The molecule has 0 amide bonds. The van der Waals surface area contributed by atoms with Crippen LogP contribution in [0.2, 0.25) is 0 Å². The van der Waals surface area contributed by atoms with E-state index in [0.29, 0.717) is 0 Å². The Morgan fingerprint density at radius 2 is 0.519 bits per heavy atom. The first-order valence-corrected chi connectivity index (χ1v) is 21.0. The van der Waals surface area contributed by atoms with Crippen molar-refractivity contribution in [2.24, 2.45) is 23.7 Å². The summed E-state index contributed by atoms with van der Waals surface area (Å²) < 4.78 is 3.38. The zero-order valence-electron chi connectivity index (χ0n) is 33.2. The van der Waals surface area contributed by atoms with Gasteiger partial charge in [-0.3, -0.25) is 0 Å². The molecular formula is C50H56Cl2Zr2-2. The molecular weight excluding hydrogens is 854 g/mol. The van der Waals surface area contributed by atoms with Gasteiger partial charge in [0.05, 0.1) is 0 Å². The Balaban J connectivity index is 0.000000322. The van der Waals surface area contributed by atoms with Crippen LogP contribution in [0.25, 0.3) is 43.1 Å². The molecule has 0 aliphatic rings. The Labute approximate surface area is 368 Å². The number of hydrogen-bond donors (Lipinski definition) is 0. The zero-order chi connectivity index (χ0) is 37.9. The van der Waals surface area contributed by atoms with Gasteiger partial charge in [-0.1, -0.05) is 24.3 Å². The number of halogens is 2. The van der Waals surface area contributed by atoms with E-state index in [1.165, 1.54) is 43.1 Å². The summed E-state index contributed by atoms with van der Waals surface area (Å²) in [6, 6.07) is 58.7. The van der Waals surface area contributed by atoms with Gasteiger partial charge in [0.15, 0.2) is 0 Å². The van der Waals surface area contributed by atoms with Crippen molar-refractivity contribution in [3.63, 3.8) is 0 Å². The van der Waals surface area contributed by atoms with Gasteiger partial charge in [0.1, 0.15) is 0 Å². The fraction of sp³-hybridized carbons (Fsp3) is 0.240. The Kier molecular flexibility index (Phi) is 24.8. The van der Waals surface area contributed by atoms with Crippen molar-refractivity contribution in [3.8, 4) is 0 Å². The maximum absolute atomic E-state index is 2.27. The first-order valence-electron chi connectivity index (χ1n) is 18.6. The van der Waals surface area contributed by atoms with E-state index >= 15 is 0 Å². The average Bonchev–Trinajstić information content (AvgIpc) is 3.99. The van der Waals surface area contributed by atoms with Gasteiger partial charge in [0, 0.05) is 0 Å². The summed E-state index contributed by atoms with van der Waals surface area (Å²) >= 11 is 3.22. The summed E-state index contributed by atoms with van der Waals surface area (Å²) in [6.45, 7) is 18.1. The van der Waals surface area contributed by atoms with Crippen molar-refractivity contribution < 1.29 is 73.3 Å². The van der Waals surface area contributed by atoms with Crippen LogP contribution in [0.1, 0.15) is 55.4 Å². The van der Waals surface area contributed by atoms with Crippen molar-refractivity contribution in [2.75, 3.05) is 0 Å². The minimum atomic E-state index is 0. The quantitative estimate of drug-likeness (QED) is 0.156. The van der Waals surface area contributed by atoms with Gasteiger partial charge in [0.25, 0.3) is 0 Å². The summed E-state index contributed by atoms with van der Waals surface area (Å²) in [4.78, 5) is 0. The fourth-order valence-electron chi connectivity index (χ4n) is 5.61.